The fraction of sp³-hybridized carbons (Fsp3) is 0.541. The van der Waals surface area contributed by atoms with E-state index in [0.29, 0.717) is 5.69 Å². The molecule has 0 saturated heterocycles. The predicted molar refractivity (Wildman–Crippen MR) is 193 cm³/mol. The molecule has 272 valence electrons. The van der Waals surface area contributed by atoms with Gasteiger partial charge in [-0.1, -0.05) is 30.3 Å². The Morgan fingerprint density at radius 1 is 1.04 bits per heavy atom. The molecule has 4 atom stereocenters. The van der Waals surface area contributed by atoms with Gasteiger partial charge in [0.25, 0.3) is 0 Å². The number of likely N-dealkylation sites (N-methyl/N-ethyl adjacent to an activating group) is 1. The van der Waals surface area contributed by atoms with Crippen LogP contribution < -0.4 is 16.4 Å². The first-order valence-corrected chi connectivity index (χ1v) is 17.9. The van der Waals surface area contributed by atoms with Gasteiger partial charge in [-0.05, 0) is 95.2 Å². The van der Waals surface area contributed by atoms with Crippen LogP contribution in [0.4, 0.5) is 10.5 Å². The lowest BCUT2D eigenvalue weighted by molar-refractivity contribution is -0.146. The third-order valence-corrected chi connectivity index (χ3v) is 10.7. The SMILES string of the molecule is COC(=O)CSC(C)(C)[C@H](NC(=O)[C@H](C)N(C)C(=O)OC(C)(C)C)C(=O)N1Cc2cc(N)ccc2C[C@H]1C(=O)N[C@@H]1CCCc2ccccc21. The van der Waals surface area contributed by atoms with Crippen molar-refractivity contribution in [2.24, 2.45) is 0 Å². The average molecular weight is 710 g/mol. The Morgan fingerprint density at radius 2 is 1.74 bits per heavy atom. The topological polar surface area (TPSA) is 160 Å². The molecule has 2 aromatic rings. The van der Waals surface area contributed by atoms with Gasteiger partial charge < -0.3 is 30.7 Å². The molecule has 0 spiro atoms. The first-order chi connectivity index (χ1) is 23.4. The number of esters is 1. The van der Waals surface area contributed by atoms with Gasteiger partial charge in [0, 0.05) is 30.4 Å². The number of amides is 4. The number of hydrogen-bond acceptors (Lipinski definition) is 9. The minimum Gasteiger partial charge on any atom is -0.468 e. The third-order valence-electron chi connectivity index (χ3n) is 9.29. The van der Waals surface area contributed by atoms with Crippen LogP contribution in [0, 0.1) is 0 Å². The standard InChI is InChI=1S/C37H51N5O7S/c1-22(41(7)35(47)49-36(2,3)4)32(44)40-31(37(5,6)50-21-30(43)48-8)34(46)42-20-25-18-26(38)17-16-24(25)19-29(42)33(45)39-28-15-11-13-23-12-9-10-14-27(23)28/h9-10,12,14,16-18,22,28-29,31H,11,13,15,19-21,38H2,1-8H3,(H,39,45)(H,40,44)/t22-,28+,29-,31+/m0/s1. The molecule has 0 radical (unpaired) electrons. The van der Waals surface area contributed by atoms with Crippen LogP contribution in [0.3, 0.4) is 0 Å². The molecule has 1 aliphatic carbocycles. The van der Waals surface area contributed by atoms with E-state index in [2.05, 4.69) is 16.7 Å². The van der Waals surface area contributed by atoms with Crippen LogP contribution in [0.2, 0.25) is 0 Å². The molecular formula is C37H51N5O7S. The molecule has 2 aromatic carbocycles. The molecular weight excluding hydrogens is 659 g/mol. The highest BCUT2D eigenvalue weighted by atomic mass is 32.2. The van der Waals surface area contributed by atoms with E-state index in [1.165, 1.54) is 31.5 Å². The van der Waals surface area contributed by atoms with Crippen molar-refractivity contribution < 1.29 is 33.4 Å². The number of carbonyl (C=O) groups is 5. The van der Waals surface area contributed by atoms with Gasteiger partial charge in [-0.3, -0.25) is 24.1 Å². The zero-order valence-corrected chi connectivity index (χ0v) is 31.1. The molecule has 0 unspecified atom stereocenters. The van der Waals surface area contributed by atoms with Gasteiger partial charge in [0.15, 0.2) is 0 Å². The summed E-state index contributed by atoms with van der Waals surface area (Å²) in [5.41, 5.74) is 9.85. The van der Waals surface area contributed by atoms with Gasteiger partial charge in [0.2, 0.25) is 17.7 Å². The quantitative estimate of drug-likeness (QED) is 0.243. The number of nitrogens with two attached hydrogens (primary N) is 1. The lowest BCUT2D eigenvalue weighted by Crippen LogP contribution is -2.64. The summed E-state index contributed by atoms with van der Waals surface area (Å²) >= 11 is 1.14. The van der Waals surface area contributed by atoms with Crippen LogP contribution in [0.1, 0.15) is 82.7 Å². The summed E-state index contributed by atoms with van der Waals surface area (Å²) in [6.45, 7) is 10.3. The van der Waals surface area contributed by atoms with Gasteiger partial charge >= 0.3 is 12.1 Å². The number of rotatable bonds is 10. The zero-order chi connectivity index (χ0) is 37.0. The number of carbonyl (C=O) groups excluding carboxylic acids is 5. The van der Waals surface area contributed by atoms with Crippen molar-refractivity contribution in [2.75, 3.05) is 25.6 Å². The van der Waals surface area contributed by atoms with Crippen molar-refractivity contribution in [1.82, 2.24) is 20.4 Å². The van der Waals surface area contributed by atoms with E-state index in [1.54, 1.807) is 46.8 Å². The number of thioether (sulfide) groups is 1. The predicted octanol–water partition coefficient (Wildman–Crippen LogP) is 4.14. The molecule has 4 amide bonds. The summed E-state index contributed by atoms with van der Waals surface area (Å²) < 4.78 is 9.24. The lowest BCUT2D eigenvalue weighted by atomic mass is 9.87. The van der Waals surface area contributed by atoms with E-state index in [-0.39, 0.29) is 30.7 Å². The van der Waals surface area contributed by atoms with Crippen molar-refractivity contribution in [1.29, 1.82) is 0 Å². The van der Waals surface area contributed by atoms with Crippen LogP contribution in [-0.2, 0) is 48.0 Å². The highest BCUT2D eigenvalue weighted by Crippen LogP contribution is 2.34. The summed E-state index contributed by atoms with van der Waals surface area (Å²) in [6, 6.07) is 10.2. The number of nitrogens with zero attached hydrogens (tertiary/aromatic N) is 2. The highest BCUT2D eigenvalue weighted by Gasteiger charge is 2.45. The Labute approximate surface area is 299 Å². The second-order valence-electron chi connectivity index (χ2n) is 14.5. The van der Waals surface area contributed by atoms with Crippen LogP contribution in [-0.4, -0.2) is 88.0 Å². The number of nitrogens with one attached hydrogen (secondary N) is 2. The number of nitrogen functional groups attached to an aromatic ring is 1. The molecule has 0 saturated carbocycles. The van der Waals surface area contributed by atoms with E-state index < -0.39 is 52.4 Å². The number of ether oxygens (including phenoxy) is 2. The molecule has 1 heterocycles. The minimum absolute atomic E-state index is 0.0794. The van der Waals surface area contributed by atoms with Gasteiger partial charge in [-0.2, -0.15) is 0 Å². The van der Waals surface area contributed by atoms with Gasteiger partial charge in [-0.15, -0.1) is 11.8 Å². The maximum Gasteiger partial charge on any atom is 0.410 e. The Hall–Kier alpha value is -4.26. The molecule has 0 fully saturated rings. The summed E-state index contributed by atoms with van der Waals surface area (Å²) in [6.07, 6.45) is 2.18. The van der Waals surface area contributed by atoms with Gasteiger partial charge in [0.1, 0.15) is 23.7 Å². The van der Waals surface area contributed by atoms with E-state index in [0.717, 1.165) is 52.6 Å². The average Bonchev–Trinajstić information content (AvgIpc) is 3.07. The third kappa shape index (κ3) is 9.29. The summed E-state index contributed by atoms with van der Waals surface area (Å²) in [4.78, 5) is 70.6. The maximum absolute atomic E-state index is 14.9. The van der Waals surface area contributed by atoms with E-state index in [1.807, 2.05) is 24.3 Å². The van der Waals surface area contributed by atoms with E-state index in [9.17, 15) is 24.0 Å². The van der Waals surface area contributed by atoms with Crippen LogP contribution >= 0.6 is 11.8 Å². The Morgan fingerprint density at radius 3 is 2.42 bits per heavy atom. The maximum atomic E-state index is 14.9. The first-order valence-electron chi connectivity index (χ1n) is 16.9. The Balaban J connectivity index is 1.68. The second kappa shape index (κ2) is 15.7. The van der Waals surface area contributed by atoms with E-state index in [4.69, 9.17) is 15.2 Å². The summed E-state index contributed by atoms with van der Waals surface area (Å²) in [7, 11) is 2.72. The molecule has 2 aliphatic rings. The Bertz CT molecular complexity index is 1610. The molecule has 4 N–H and O–H groups in total. The fourth-order valence-corrected chi connectivity index (χ4v) is 7.19. The second-order valence-corrected chi connectivity index (χ2v) is 16.2. The smallest absolute Gasteiger partial charge is 0.410 e. The molecule has 4 rings (SSSR count). The molecule has 50 heavy (non-hydrogen) atoms. The van der Waals surface area contributed by atoms with E-state index >= 15 is 0 Å². The van der Waals surface area contributed by atoms with Crippen LogP contribution in [0.15, 0.2) is 42.5 Å². The van der Waals surface area contributed by atoms with Crippen molar-refractivity contribution in [2.45, 2.75) is 108 Å². The summed E-state index contributed by atoms with van der Waals surface area (Å²) in [5, 5.41) is 6.11. The van der Waals surface area contributed by atoms with Gasteiger partial charge in [0.05, 0.1) is 18.9 Å². The van der Waals surface area contributed by atoms with Crippen molar-refractivity contribution in [3.05, 3.63) is 64.7 Å². The fourth-order valence-electron chi connectivity index (χ4n) is 6.26. The number of fused-ring (bicyclic) bond motifs is 2. The van der Waals surface area contributed by atoms with Crippen molar-refractivity contribution in [3.8, 4) is 0 Å². The zero-order valence-electron chi connectivity index (χ0n) is 30.3. The Kier molecular flexibility index (Phi) is 12.1. The number of benzene rings is 2. The van der Waals surface area contributed by atoms with Crippen molar-refractivity contribution >= 4 is 47.2 Å². The van der Waals surface area contributed by atoms with Crippen LogP contribution in [0.25, 0.3) is 0 Å². The normalized spacial score (nSPS) is 18.4. The van der Waals surface area contributed by atoms with Gasteiger partial charge in [-0.25, -0.2) is 4.79 Å². The molecule has 0 aromatic heterocycles. The monoisotopic (exact) mass is 709 g/mol. The number of aryl methyl sites for hydroxylation is 1. The minimum atomic E-state index is -1.22. The molecule has 0 bridgehead atoms. The number of anilines is 1. The first kappa shape index (κ1) is 38.5. The number of hydrogen-bond donors (Lipinski definition) is 3. The largest absolute Gasteiger partial charge is 0.468 e. The van der Waals surface area contributed by atoms with Crippen molar-refractivity contribution in [3.63, 3.8) is 0 Å². The lowest BCUT2D eigenvalue weighted by Gasteiger charge is -2.42. The molecule has 12 nitrogen and oxygen atoms in total. The highest BCUT2D eigenvalue weighted by molar-refractivity contribution is 8.01. The van der Waals surface area contributed by atoms with Crippen LogP contribution in [0.5, 0.6) is 0 Å². The molecule has 13 heteroatoms. The summed E-state index contributed by atoms with van der Waals surface area (Å²) in [5.74, 6) is -1.99. The molecule has 1 aliphatic heterocycles. The number of methoxy groups -OCH3 is 1.